The topological polar surface area (TPSA) is 228 Å². The highest BCUT2D eigenvalue weighted by molar-refractivity contribution is 5.76. The molecular formula is C54H97NO13. The Kier molecular flexibility index (Phi) is 37.0. The largest absolute Gasteiger partial charge is 0.394 e. The van der Waals surface area contributed by atoms with Crippen molar-refractivity contribution in [2.45, 2.75) is 267 Å². The average Bonchev–Trinajstić information content (AvgIpc) is 3.34. The Morgan fingerprint density at radius 2 is 0.956 bits per heavy atom. The smallest absolute Gasteiger partial charge is 0.220 e. The third-order valence-corrected chi connectivity index (χ3v) is 13.0. The van der Waals surface area contributed by atoms with Crippen molar-refractivity contribution in [1.29, 1.82) is 0 Å². The maximum Gasteiger partial charge on any atom is 0.220 e. The van der Waals surface area contributed by atoms with Gasteiger partial charge in [-0.25, -0.2) is 0 Å². The van der Waals surface area contributed by atoms with E-state index in [-0.39, 0.29) is 18.9 Å². The summed E-state index contributed by atoms with van der Waals surface area (Å²) in [5, 5.41) is 86.7. The van der Waals surface area contributed by atoms with Crippen molar-refractivity contribution in [2.75, 3.05) is 19.8 Å². The highest BCUT2D eigenvalue weighted by atomic mass is 16.7. The van der Waals surface area contributed by atoms with Crippen LogP contribution < -0.4 is 5.32 Å². The van der Waals surface area contributed by atoms with Crippen LogP contribution in [0.2, 0.25) is 0 Å². The van der Waals surface area contributed by atoms with E-state index in [1.165, 1.54) is 96.3 Å². The van der Waals surface area contributed by atoms with Crippen molar-refractivity contribution < 1.29 is 64.6 Å². The Labute approximate surface area is 410 Å². The molecule has 0 bridgehead atoms. The molecule has 0 aromatic carbocycles. The normalized spacial score (nSPS) is 26.7. The van der Waals surface area contributed by atoms with E-state index in [0.29, 0.717) is 12.8 Å². The molecule has 396 valence electrons. The Morgan fingerprint density at radius 3 is 1.49 bits per heavy atom. The fourth-order valence-corrected chi connectivity index (χ4v) is 8.54. The molecule has 14 heteroatoms. The minimum Gasteiger partial charge on any atom is -0.394 e. The van der Waals surface area contributed by atoms with E-state index in [9.17, 15) is 45.6 Å². The molecule has 2 aliphatic heterocycles. The van der Waals surface area contributed by atoms with Crippen molar-refractivity contribution in [3.8, 4) is 0 Å². The van der Waals surface area contributed by atoms with Gasteiger partial charge < -0.3 is 65.1 Å². The van der Waals surface area contributed by atoms with Crippen LogP contribution in [0.3, 0.4) is 0 Å². The number of unbranched alkanes of at least 4 members (excludes halogenated alkanes) is 22. The van der Waals surface area contributed by atoms with Gasteiger partial charge in [-0.2, -0.15) is 0 Å². The van der Waals surface area contributed by atoms with Gasteiger partial charge in [0.15, 0.2) is 12.6 Å². The van der Waals surface area contributed by atoms with E-state index in [4.69, 9.17) is 18.9 Å². The Hall–Kier alpha value is -2.05. The lowest BCUT2D eigenvalue weighted by Crippen LogP contribution is -2.65. The molecule has 0 saturated carbocycles. The lowest BCUT2D eigenvalue weighted by Gasteiger charge is -2.46. The Bertz CT molecular complexity index is 1330. The first-order valence-electron chi connectivity index (χ1n) is 26.9. The number of nitrogens with one attached hydrogen (secondary N) is 1. The zero-order valence-corrected chi connectivity index (χ0v) is 42.1. The predicted molar refractivity (Wildman–Crippen MR) is 267 cm³/mol. The van der Waals surface area contributed by atoms with E-state index < -0.39 is 86.8 Å². The first-order valence-corrected chi connectivity index (χ1v) is 26.9. The van der Waals surface area contributed by atoms with Crippen LogP contribution in [-0.2, 0) is 23.7 Å². The number of aliphatic hydroxyl groups is 8. The van der Waals surface area contributed by atoms with Crippen LogP contribution in [0.1, 0.15) is 194 Å². The zero-order valence-electron chi connectivity index (χ0n) is 42.1. The van der Waals surface area contributed by atoms with Gasteiger partial charge in [0, 0.05) is 6.42 Å². The predicted octanol–water partition coefficient (Wildman–Crippen LogP) is 7.66. The molecule has 12 atom stereocenters. The van der Waals surface area contributed by atoms with Crippen LogP contribution in [0.5, 0.6) is 0 Å². The molecular weight excluding hydrogens is 871 g/mol. The maximum atomic E-state index is 13.1. The molecule has 1 amide bonds. The summed E-state index contributed by atoms with van der Waals surface area (Å²) in [6.07, 6.45) is 31.7. The molecule has 0 spiro atoms. The molecule has 0 aliphatic carbocycles. The van der Waals surface area contributed by atoms with Crippen molar-refractivity contribution in [1.82, 2.24) is 5.32 Å². The summed E-state index contributed by atoms with van der Waals surface area (Å²) in [6, 6.07) is -0.941. The number of rotatable bonds is 41. The van der Waals surface area contributed by atoms with Gasteiger partial charge in [0.05, 0.1) is 32.0 Å². The Morgan fingerprint density at radius 1 is 0.515 bits per heavy atom. The number of allylic oxidation sites excluding steroid dienone is 7. The molecule has 0 aromatic heterocycles. The fourth-order valence-electron chi connectivity index (χ4n) is 8.54. The highest BCUT2D eigenvalue weighted by Gasteiger charge is 2.51. The second-order valence-corrected chi connectivity index (χ2v) is 19.0. The zero-order chi connectivity index (χ0) is 49.6. The van der Waals surface area contributed by atoms with Crippen LogP contribution in [0.15, 0.2) is 48.6 Å². The SMILES string of the molecule is CCCC/C=C\CCCCCCCC(=O)NC(COC1OC(CO)C(OC2OC(CO)C(O)C(O)C2O)C(O)C1O)C(O)/C=C/CC/C=C/CC/C=C/CCCCCCCCCCCCCCC. The molecule has 14 nitrogen and oxygen atoms in total. The van der Waals surface area contributed by atoms with Gasteiger partial charge in [0.2, 0.25) is 5.91 Å². The number of hydrogen-bond acceptors (Lipinski definition) is 13. The second-order valence-electron chi connectivity index (χ2n) is 19.0. The van der Waals surface area contributed by atoms with Crippen LogP contribution in [0.4, 0.5) is 0 Å². The van der Waals surface area contributed by atoms with Gasteiger partial charge in [0.1, 0.15) is 48.8 Å². The summed E-state index contributed by atoms with van der Waals surface area (Å²) in [6.45, 7) is 2.71. The van der Waals surface area contributed by atoms with Gasteiger partial charge in [-0.15, -0.1) is 0 Å². The third-order valence-electron chi connectivity index (χ3n) is 13.0. The quantitative estimate of drug-likeness (QED) is 0.0212. The molecule has 12 unspecified atom stereocenters. The number of aliphatic hydroxyl groups excluding tert-OH is 8. The molecule has 68 heavy (non-hydrogen) atoms. The van der Waals surface area contributed by atoms with E-state index >= 15 is 0 Å². The van der Waals surface area contributed by atoms with Crippen LogP contribution in [-0.4, -0.2) is 140 Å². The van der Waals surface area contributed by atoms with Gasteiger partial charge in [-0.3, -0.25) is 4.79 Å². The maximum absolute atomic E-state index is 13.1. The molecule has 2 aliphatic rings. The highest BCUT2D eigenvalue weighted by Crippen LogP contribution is 2.30. The van der Waals surface area contributed by atoms with Gasteiger partial charge in [-0.1, -0.05) is 172 Å². The summed E-state index contributed by atoms with van der Waals surface area (Å²) in [5.74, 6) is -0.266. The fraction of sp³-hybridized carbons (Fsp3) is 0.833. The summed E-state index contributed by atoms with van der Waals surface area (Å²) < 4.78 is 22.7. The third kappa shape index (κ3) is 27.0. The summed E-state index contributed by atoms with van der Waals surface area (Å²) >= 11 is 0. The minimum absolute atomic E-state index is 0.258. The van der Waals surface area contributed by atoms with E-state index in [1.54, 1.807) is 6.08 Å². The first-order chi connectivity index (χ1) is 33.1. The van der Waals surface area contributed by atoms with Crippen LogP contribution >= 0.6 is 0 Å². The molecule has 0 aromatic rings. The van der Waals surface area contributed by atoms with Crippen molar-refractivity contribution in [2.24, 2.45) is 0 Å². The van der Waals surface area contributed by atoms with Gasteiger partial charge in [0.25, 0.3) is 0 Å². The monoisotopic (exact) mass is 968 g/mol. The lowest BCUT2D eigenvalue weighted by molar-refractivity contribution is -0.359. The van der Waals surface area contributed by atoms with Gasteiger partial charge >= 0.3 is 0 Å². The molecule has 2 fully saturated rings. The number of carbonyl (C=O) groups is 1. The molecule has 2 heterocycles. The van der Waals surface area contributed by atoms with Crippen LogP contribution in [0.25, 0.3) is 0 Å². The summed E-state index contributed by atoms with van der Waals surface area (Å²) in [5.41, 5.74) is 0. The first kappa shape index (κ1) is 62.1. The molecule has 9 N–H and O–H groups in total. The number of ether oxygens (including phenoxy) is 4. The van der Waals surface area contributed by atoms with E-state index in [2.05, 4.69) is 55.6 Å². The number of carbonyl (C=O) groups excluding carboxylic acids is 1. The van der Waals surface area contributed by atoms with Gasteiger partial charge in [-0.05, 0) is 64.2 Å². The average molecular weight is 968 g/mol. The summed E-state index contributed by atoms with van der Waals surface area (Å²) in [7, 11) is 0. The van der Waals surface area contributed by atoms with E-state index in [0.717, 1.165) is 64.2 Å². The molecule has 0 radical (unpaired) electrons. The minimum atomic E-state index is -1.79. The van der Waals surface area contributed by atoms with Crippen molar-refractivity contribution in [3.05, 3.63) is 48.6 Å². The standard InChI is InChI=1S/C54H97NO13/c1-3-5-7-9-11-13-15-16-17-18-19-20-21-22-23-24-25-26-28-29-31-33-35-37-43(58)42(55-46(59)38-36-34-32-30-27-14-12-10-8-6-4-2)41-65-53-51(64)49(62)52(45(40-57)67-53)68-54-50(63)48(61)47(60)44(39-56)66-54/h10,12,23-24,28-29,35,37,42-45,47-54,56-58,60-64H,3-9,11,13-22,25-27,30-34,36,38-41H2,1-2H3,(H,55,59)/b12-10-,24-23+,29-28+,37-35+. The Balaban J connectivity index is 1.82. The van der Waals surface area contributed by atoms with Crippen molar-refractivity contribution in [3.63, 3.8) is 0 Å². The summed E-state index contributed by atoms with van der Waals surface area (Å²) in [4.78, 5) is 13.1. The van der Waals surface area contributed by atoms with Crippen LogP contribution in [0, 0.1) is 0 Å². The molecule has 2 rings (SSSR count). The second kappa shape index (κ2) is 40.5. The lowest BCUT2D eigenvalue weighted by atomic mass is 9.97. The number of amides is 1. The number of hydrogen-bond donors (Lipinski definition) is 9. The molecule has 2 saturated heterocycles. The van der Waals surface area contributed by atoms with Crippen molar-refractivity contribution >= 4 is 5.91 Å². The van der Waals surface area contributed by atoms with E-state index in [1.807, 2.05) is 6.08 Å².